The van der Waals surface area contributed by atoms with Crippen LogP contribution in [-0.4, -0.2) is 27.2 Å². The second kappa shape index (κ2) is 7.87. The summed E-state index contributed by atoms with van der Waals surface area (Å²) in [6.45, 7) is 1.14. The van der Waals surface area contributed by atoms with Crippen molar-refractivity contribution in [3.63, 3.8) is 0 Å². The van der Waals surface area contributed by atoms with Gasteiger partial charge in [-0.25, -0.2) is 0 Å². The van der Waals surface area contributed by atoms with Gasteiger partial charge in [0.2, 0.25) is 5.91 Å². The van der Waals surface area contributed by atoms with Gasteiger partial charge in [0.1, 0.15) is 0 Å². The molecule has 0 saturated carbocycles. The number of nitrogens with zero attached hydrogens (tertiary/aromatic N) is 3. The molecule has 3 rings (SSSR count). The molecule has 2 heterocycles. The molecule has 0 aliphatic rings. The van der Waals surface area contributed by atoms with Crippen LogP contribution in [0.3, 0.4) is 0 Å². The summed E-state index contributed by atoms with van der Waals surface area (Å²) < 4.78 is 1.81. The maximum atomic E-state index is 11.8. The molecule has 0 spiro atoms. The number of benzene rings is 1. The molecule has 120 valence electrons. The van der Waals surface area contributed by atoms with Crippen LogP contribution in [0.1, 0.15) is 5.56 Å². The first-order valence-corrected chi connectivity index (χ1v) is 7.75. The Morgan fingerprint density at radius 3 is 2.75 bits per heavy atom. The lowest BCUT2D eigenvalue weighted by molar-refractivity contribution is -0.116. The van der Waals surface area contributed by atoms with Crippen LogP contribution < -0.4 is 5.32 Å². The number of hydrogen-bond donors (Lipinski definition) is 1. The number of carbonyl (C=O) groups excluding carboxylic acids is 1. The highest BCUT2D eigenvalue weighted by molar-refractivity contribution is 5.91. The molecule has 5 heteroatoms. The first-order valence-electron chi connectivity index (χ1n) is 7.75. The molecule has 1 aromatic carbocycles. The summed E-state index contributed by atoms with van der Waals surface area (Å²) in [5.41, 5.74) is 3.04. The molecule has 24 heavy (non-hydrogen) atoms. The Balaban J connectivity index is 1.47. The van der Waals surface area contributed by atoms with E-state index in [9.17, 15) is 4.79 Å². The van der Waals surface area contributed by atoms with Crippen molar-refractivity contribution >= 4 is 12.0 Å². The fourth-order valence-corrected chi connectivity index (χ4v) is 2.26. The van der Waals surface area contributed by atoms with Crippen LogP contribution in [0.25, 0.3) is 17.2 Å². The predicted molar refractivity (Wildman–Crippen MR) is 93.9 cm³/mol. The summed E-state index contributed by atoms with van der Waals surface area (Å²) in [6, 6.07) is 13.6. The van der Waals surface area contributed by atoms with E-state index in [4.69, 9.17) is 0 Å². The standard InChI is InChI=1S/C19H18N4O/c24-19(9-8-16-5-2-1-3-6-16)21-11-12-23-15-18(14-22-23)17-7-4-10-20-13-17/h1-10,13-15H,11-12H2,(H,21,24)/b9-8+. The fourth-order valence-electron chi connectivity index (χ4n) is 2.26. The van der Waals surface area contributed by atoms with Crippen molar-refractivity contribution in [2.75, 3.05) is 6.54 Å². The van der Waals surface area contributed by atoms with Gasteiger partial charge in [-0.15, -0.1) is 0 Å². The maximum absolute atomic E-state index is 11.8. The van der Waals surface area contributed by atoms with Crippen molar-refractivity contribution in [2.24, 2.45) is 0 Å². The number of aromatic nitrogens is 3. The third kappa shape index (κ3) is 4.39. The van der Waals surface area contributed by atoms with Gasteiger partial charge in [-0.1, -0.05) is 36.4 Å². The number of hydrogen-bond acceptors (Lipinski definition) is 3. The minimum atomic E-state index is -0.113. The van der Waals surface area contributed by atoms with Gasteiger partial charge in [-0.05, 0) is 17.7 Å². The minimum Gasteiger partial charge on any atom is -0.351 e. The van der Waals surface area contributed by atoms with E-state index in [1.165, 1.54) is 0 Å². The Bertz CT molecular complexity index is 810. The third-order valence-corrected chi connectivity index (χ3v) is 3.49. The van der Waals surface area contributed by atoms with Gasteiger partial charge in [-0.3, -0.25) is 14.5 Å². The second-order valence-electron chi connectivity index (χ2n) is 5.27. The van der Waals surface area contributed by atoms with Gasteiger partial charge in [0.25, 0.3) is 0 Å². The Labute approximate surface area is 140 Å². The molecular formula is C19H18N4O. The Morgan fingerprint density at radius 2 is 1.96 bits per heavy atom. The molecule has 1 amide bonds. The van der Waals surface area contributed by atoms with E-state index in [2.05, 4.69) is 15.4 Å². The first kappa shape index (κ1) is 15.7. The topological polar surface area (TPSA) is 59.8 Å². The van der Waals surface area contributed by atoms with Crippen LogP contribution in [-0.2, 0) is 11.3 Å². The summed E-state index contributed by atoms with van der Waals surface area (Å²) >= 11 is 0. The van der Waals surface area contributed by atoms with Crippen LogP contribution in [0.15, 0.2) is 73.3 Å². The third-order valence-electron chi connectivity index (χ3n) is 3.49. The van der Waals surface area contributed by atoms with E-state index in [-0.39, 0.29) is 5.91 Å². The van der Waals surface area contributed by atoms with Crippen LogP contribution in [0.4, 0.5) is 0 Å². The summed E-state index contributed by atoms with van der Waals surface area (Å²) in [6.07, 6.45) is 10.6. The number of amides is 1. The van der Waals surface area contributed by atoms with Gasteiger partial charge in [0.15, 0.2) is 0 Å². The van der Waals surface area contributed by atoms with E-state index in [0.717, 1.165) is 16.7 Å². The molecule has 3 aromatic rings. The molecule has 1 N–H and O–H groups in total. The van der Waals surface area contributed by atoms with Crippen LogP contribution in [0.2, 0.25) is 0 Å². The van der Waals surface area contributed by atoms with Crippen molar-refractivity contribution in [3.8, 4) is 11.1 Å². The fraction of sp³-hybridized carbons (Fsp3) is 0.105. The minimum absolute atomic E-state index is 0.113. The zero-order valence-corrected chi connectivity index (χ0v) is 13.2. The smallest absolute Gasteiger partial charge is 0.244 e. The highest BCUT2D eigenvalue weighted by Gasteiger charge is 2.02. The Kier molecular flexibility index (Phi) is 5.14. The first-order chi connectivity index (χ1) is 11.8. The van der Waals surface area contributed by atoms with E-state index >= 15 is 0 Å². The van der Waals surface area contributed by atoms with E-state index in [0.29, 0.717) is 13.1 Å². The largest absolute Gasteiger partial charge is 0.351 e. The highest BCUT2D eigenvalue weighted by Crippen LogP contribution is 2.16. The summed E-state index contributed by atoms with van der Waals surface area (Å²) in [7, 11) is 0. The van der Waals surface area contributed by atoms with E-state index < -0.39 is 0 Å². The molecule has 0 radical (unpaired) electrons. The van der Waals surface area contributed by atoms with Gasteiger partial charge in [0.05, 0.1) is 12.7 Å². The zero-order valence-electron chi connectivity index (χ0n) is 13.2. The van der Waals surface area contributed by atoms with E-state index in [1.54, 1.807) is 30.7 Å². The van der Waals surface area contributed by atoms with E-state index in [1.807, 2.05) is 53.3 Å². The van der Waals surface area contributed by atoms with Crippen molar-refractivity contribution in [1.82, 2.24) is 20.1 Å². The lowest BCUT2D eigenvalue weighted by Gasteiger charge is -2.02. The van der Waals surface area contributed by atoms with Gasteiger partial charge in [0, 0.05) is 42.3 Å². The van der Waals surface area contributed by atoms with Gasteiger partial charge >= 0.3 is 0 Å². The molecular weight excluding hydrogens is 300 g/mol. The Morgan fingerprint density at radius 1 is 1.08 bits per heavy atom. The van der Waals surface area contributed by atoms with Gasteiger partial charge in [-0.2, -0.15) is 5.10 Å². The summed E-state index contributed by atoms with van der Waals surface area (Å²) in [5, 5.41) is 7.15. The number of pyridine rings is 1. The average Bonchev–Trinajstić information content (AvgIpc) is 3.11. The predicted octanol–water partition coefficient (Wildman–Crippen LogP) is 2.77. The van der Waals surface area contributed by atoms with Crippen LogP contribution in [0.5, 0.6) is 0 Å². The quantitative estimate of drug-likeness (QED) is 0.711. The zero-order chi connectivity index (χ0) is 16.6. The molecule has 0 unspecified atom stereocenters. The van der Waals surface area contributed by atoms with Crippen LogP contribution >= 0.6 is 0 Å². The lowest BCUT2D eigenvalue weighted by Crippen LogP contribution is -2.25. The molecule has 0 fully saturated rings. The van der Waals surface area contributed by atoms with Crippen molar-refractivity contribution in [1.29, 1.82) is 0 Å². The molecule has 5 nitrogen and oxygen atoms in total. The summed E-state index contributed by atoms with van der Waals surface area (Å²) in [5.74, 6) is -0.113. The van der Waals surface area contributed by atoms with Crippen LogP contribution in [0, 0.1) is 0 Å². The molecule has 0 bridgehead atoms. The monoisotopic (exact) mass is 318 g/mol. The number of carbonyl (C=O) groups is 1. The molecule has 0 aliphatic heterocycles. The van der Waals surface area contributed by atoms with Crippen molar-refractivity contribution in [3.05, 3.63) is 78.9 Å². The Hall–Kier alpha value is -3.21. The second-order valence-corrected chi connectivity index (χ2v) is 5.27. The number of nitrogens with one attached hydrogen (secondary N) is 1. The SMILES string of the molecule is O=C(/C=C/c1ccccc1)NCCn1cc(-c2cccnc2)cn1. The molecule has 2 aromatic heterocycles. The maximum Gasteiger partial charge on any atom is 0.244 e. The lowest BCUT2D eigenvalue weighted by atomic mass is 10.2. The number of rotatable bonds is 6. The van der Waals surface area contributed by atoms with Crippen molar-refractivity contribution < 1.29 is 4.79 Å². The van der Waals surface area contributed by atoms with Gasteiger partial charge < -0.3 is 5.32 Å². The average molecular weight is 318 g/mol. The molecule has 0 aliphatic carbocycles. The molecule has 0 atom stereocenters. The summed E-state index contributed by atoms with van der Waals surface area (Å²) in [4.78, 5) is 15.9. The molecule has 0 saturated heterocycles. The van der Waals surface area contributed by atoms with Crippen molar-refractivity contribution in [2.45, 2.75) is 6.54 Å². The normalized spacial score (nSPS) is 10.8. The highest BCUT2D eigenvalue weighted by atomic mass is 16.1.